The molecule has 0 spiro atoms. The molecular formula is C11H17N5S2. The van der Waals surface area contributed by atoms with E-state index in [0.29, 0.717) is 0 Å². The van der Waals surface area contributed by atoms with Gasteiger partial charge in [-0.2, -0.15) is 5.10 Å². The van der Waals surface area contributed by atoms with E-state index in [1.807, 2.05) is 26.4 Å². The van der Waals surface area contributed by atoms with Crippen molar-refractivity contribution in [2.45, 2.75) is 35.9 Å². The lowest BCUT2D eigenvalue weighted by Gasteiger charge is -2.19. The zero-order valence-corrected chi connectivity index (χ0v) is 12.3. The molecule has 0 aliphatic heterocycles. The Morgan fingerprint density at radius 1 is 1.50 bits per heavy atom. The highest BCUT2D eigenvalue weighted by atomic mass is 32.2. The van der Waals surface area contributed by atoms with Crippen LogP contribution in [0.15, 0.2) is 16.7 Å². The second-order valence-electron chi connectivity index (χ2n) is 4.14. The van der Waals surface area contributed by atoms with Crippen molar-refractivity contribution in [3.63, 3.8) is 0 Å². The lowest BCUT2D eigenvalue weighted by molar-refractivity contribution is 0.633. The molecule has 2 atom stereocenters. The number of rotatable bonds is 5. The number of aromatic nitrogens is 4. The molecule has 98 valence electrons. The van der Waals surface area contributed by atoms with Crippen LogP contribution in [0, 0.1) is 6.92 Å². The van der Waals surface area contributed by atoms with E-state index < -0.39 is 0 Å². The number of hydrogen-bond acceptors (Lipinski definition) is 6. The largest absolute Gasteiger partial charge is 0.326 e. The molecule has 2 aromatic rings. The minimum atomic E-state index is 0.0865. The molecule has 0 saturated heterocycles. The van der Waals surface area contributed by atoms with Gasteiger partial charge in [-0.1, -0.05) is 30.0 Å². The standard InChI is InChI=1S/C11H17N5S2/c1-4-9(12)10(8-5-13-16(3)6-8)18-11-15-14-7(2)17-11/h5-6,9-10H,4,12H2,1-3H3. The minimum Gasteiger partial charge on any atom is -0.326 e. The lowest BCUT2D eigenvalue weighted by Crippen LogP contribution is -2.25. The summed E-state index contributed by atoms with van der Waals surface area (Å²) in [5, 5.41) is 13.6. The molecule has 2 N–H and O–H groups in total. The third-order valence-corrected chi connectivity index (χ3v) is 4.98. The van der Waals surface area contributed by atoms with E-state index in [9.17, 15) is 0 Å². The van der Waals surface area contributed by atoms with Gasteiger partial charge in [-0.3, -0.25) is 4.68 Å². The molecule has 0 aromatic carbocycles. The van der Waals surface area contributed by atoms with Crippen LogP contribution in [0.2, 0.25) is 0 Å². The molecule has 2 unspecified atom stereocenters. The Hall–Kier alpha value is -0.920. The van der Waals surface area contributed by atoms with Gasteiger partial charge in [-0.15, -0.1) is 10.2 Å². The Bertz CT molecular complexity index is 507. The van der Waals surface area contributed by atoms with Crippen molar-refractivity contribution in [1.82, 2.24) is 20.0 Å². The Balaban J connectivity index is 2.20. The van der Waals surface area contributed by atoms with Gasteiger partial charge < -0.3 is 5.73 Å². The Kier molecular flexibility index (Phi) is 4.36. The van der Waals surface area contributed by atoms with Crippen molar-refractivity contribution >= 4 is 23.1 Å². The predicted octanol–water partition coefficient (Wildman–Crippen LogP) is 2.15. The van der Waals surface area contributed by atoms with Gasteiger partial charge in [0.25, 0.3) is 0 Å². The highest BCUT2D eigenvalue weighted by molar-refractivity contribution is 8.01. The van der Waals surface area contributed by atoms with Crippen molar-refractivity contribution in [2.24, 2.45) is 12.8 Å². The number of hydrogen-bond donors (Lipinski definition) is 1. The van der Waals surface area contributed by atoms with Crippen LogP contribution in [0.3, 0.4) is 0 Å². The maximum atomic E-state index is 6.21. The molecule has 0 aliphatic rings. The molecule has 5 nitrogen and oxygen atoms in total. The molecule has 0 saturated carbocycles. The predicted molar refractivity (Wildman–Crippen MR) is 74.7 cm³/mol. The molecule has 2 aromatic heterocycles. The van der Waals surface area contributed by atoms with Gasteiger partial charge in [0.05, 0.1) is 11.4 Å². The average molecular weight is 283 g/mol. The smallest absolute Gasteiger partial charge is 0.174 e. The maximum Gasteiger partial charge on any atom is 0.174 e. The molecule has 2 rings (SSSR count). The molecule has 0 aliphatic carbocycles. The van der Waals surface area contributed by atoms with E-state index in [1.165, 1.54) is 0 Å². The Morgan fingerprint density at radius 2 is 2.28 bits per heavy atom. The second-order valence-corrected chi connectivity index (χ2v) is 6.72. The van der Waals surface area contributed by atoms with Gasteiger partial charge in [0.15, 0.2) is 4.34 Å². The van der Waals surface area contributed by atoms with E-state index in [2.05, 4.69) is 22.2 Å². The summed E-state index contributed by atoms with van der Waals surface area (Å²) < 4.78 is 2.77. The first kappa shape index (κ1) is 13.5. The summed E-state index contributed by atoms with van der Waals surface area (Å²) in [4.78, 5) is 0. The van der Waals surface area contributed by atoms with Gasteiger partial charge in [0.1, 0.15) is 5.01 Å². The quantitative estimate of drug-likeness (QED) is 0.851. The summed E-state index contributed by atoms with van der Waals surface area (Å²) in [6, 6.07) is 0.0865. The number of nitrogens with two attached hydrogens (primary N) is 1. The monoisotopic (exact) mass is 283 g/mol. The van der Waals surface area contributed by atoms with Crippen LogP contribution in [-0.4, -0.2) is 26.0 Å². The zero-order valence-electron chi connectivity index (χ0n) is 10.7. The SMILES string of the molecule is CCC(N)C(Sc1nnc(C)s1)c1cnn(C)c1. The fourth-order valence-electron chi connectivity index (χ4n) is 1.64. The fourth-order valence-corrected chi connectivity index (χ4v) is 3.85. The van der Waals surface area contributed by atoms with Crippen LogP contribution >= 0.6 is 23.1 Å². The molecule has 2 heterocycles. The molecule has 0 radical (unpaired) electrons. The van der Waals surface area contributed by atoms with E-state index in [-0.39, 0.29) is 11.3 Å². The van der Waals surface area contributed by atoms with Crippen molar-refractivity contribution in [3.05, 3.63) is 23.0 Å². The van der Waals surface area contributed by atoms with Crippen LogP contribution in [0.5, 0.6) is 0 Å². The van der Waals surface area contributed by atoms with Crippen molar-refractivity contribution in [1.29, 1.82) is 0 Å². The third-order valence-electron chi connectivity index (χ3n) is 2.65. The normalized spacial score (nSPS) is 14.7. The molecular weight excluding hydrogens is 266 g/mol. The van der Waals surface area contributed by atoms with Gasteiger partial charge >= 0.3 is 0 Å². The van der Waals surface area contributed by atoms with E-state index in [1.54, 1.807) is 27.8 Å². The van der Waals surface area contributed by atoms with Gasteiger partial charge in [-0.05, 0) is 13.3 Å². The third kappa shape index (κ3) is 3.09. The summed E-state index contributed by atoms with van der Waals surface area (Å²) in [7, 11) is 1.91. The molecule has 18 heavy (non-hydrogen) atoms. The van der Waals surface area contributed by atoms with Crippen LogP contribution in [-0.2, 0) is 7.05 Å². The molecule has 0 amide bonds. The minimum absolute atomic E-state index is 0.0865. The molecule has 0 bridgehead atoms. The van der Waals surface area contributed by atoms with Gasteiger partial charge in [0.2, 0.25) is 0 Å². The van der Waals surface area contributed by atoms with E-state index >= 15 is 0 Å². The summed E-state index contributed by atoms with van der Waals surface area (Å²) >= 11 is 3.28. The van der Waals surface area contributed by atoms with Crippen LogP contribution in [0.4, 0.5) is 0 Å². The Labute approximate surface area is 115 Å². The van der Waals surface area contributed by atoms with E-state index in [0.717, 1.165) is 21.3 Å². The van der Waals surface area contributed by atoms with Crippen molar-refractivity contribution < 1.29 is 0 Å². The first-order valence-electron chi connectivity index (χ1n) is 5.81. The molecule has 7 heteroatoms. The Morgan fingerprint density at radius 3 is 2.78 bits per heavy atom. The first-order chi connectivity index (χ1) is 8.60. The zero-order chi connectivity index (χ0) is 13.1. The first-order valence-corrected chi connectivity index (χ1v) is 7.50. The molecule has 0 fully saturated rings. The number of thioether (sulfide) groups is 1. The summed E-state index contributed by atoms with van der Waals surface area (Å²) in [6.07, 6.45) is 4.81. The number of nitrogens with zero attached hydrogens (tertiary/aromatic N) is 4. The maximum absolute atomic E-state index is 6.21. The summed E-state index contributed by atoms with van der Waals surface area (Å²) in [5.41, 5.74) is 7.35. The van der Waals surface area contributed by atoms with Gasteiger partial charge in [-0.25, -0.2) is 0 Å². The number of aryl methyl sites for hydroxylation is 2. The second kappa shape index (κ2) is 5.81. The highest BCUT2D eigenvalue weighted by Gasteiger charge is 2.22. The topological polar surface area (TPSA) is 69.6 Å². The van der Waals surface area contributed by atoms with Crippen LogP contribution in [0.1, 0.15) is 29.2 Å². The van der Waals surface area contributed by atoms with Crippen molar-refractivity contribution in [2.75, 3.05) is 0 Å². The lowest BCUT2D eigenvalue weighted by atomic mass is 10.1. The van der Waals surface area contributed by atoms with Crippen LogP contribution < -0.4 is 5.73 Å². The fraction of sp³-hybridized carbons (Fsp3) is 0.545. The van der Waals surface area contributed by atoms with Gasteiger partial charge in [0, 0.05) is 24.8 Å². The summed E-state index contributed by atoms with van der Waals surface area (Å²) in [5.74, 6) is 0. The van der Waals surface area contributed by atoms with E-state index in [4.69, 9.17) is 5.73 Å². The highest BCUT2D eigenvalue weighted by Crippen LogP contribution is 2.38. The average Bonchev–Trinajstić information content (AvgIpc) is 2.94. The van der Waals surface area contributed by atoms with Crippen molar-refractivity contribution in [3.8, 4) is 0 Å². The van der Waals surface area contributed by atoms with Crippen LogP contribution in [0.25, 0.3) is 0 Å². The summed E-state index contributed by atoms with van der Waals surface area (Å²) in [6.45, 7) is 4.06.